The van der Waals surface area contributed by atoms with Crippen LogP contribution in [0.5, 0.6) is 0 Å². The smallest absolute Gasteiger partial charge is 0.252 e. The quantitative estimate of drug-likeness (QED) is 0.733. The first-order valence-corrected chi connectivity index (χ1v) is 7.63. The molecule has 0 saturated heterocycles. The second-order valence-corrected chi connectivity index (χ2v) is 5.63. The number of hydrogen-bond acceptors (Lipinski definition) is 4. The highest BCUT2D eigenvalue weighted by atomic mass is 16.1. The number of nitrogens with zero attached hydrogens (tertiary/aromatic N) is 4. The Morgan fingerprint density at radius 2 is 2.09 bits per heavy atom. The molecule has 118 valence electrons. The zero-order valence-corrected chi connectivity index (χ0v) is 13.3. The molecule has 6 heteroatoms. The number of amides is 1. The second kappa shape index (κ2) is 6.56. The van der Waals surface area contributed by atoms with Crippen LogP contribution < -0.4 is 5.32 Å². The first-order chi connectivity index (χ1) is 11.1. The van der Waals surface area contributed by atoms with Gasteiger partial charge in [-0.05, 0) is 55.5 Å². The van der Waals surface area contributed by atoms with E-state index in [0.717, 1.165) is 24.0 Å². The lowest BCUT2D eigenvalue weighted by Crippen LogP contribution is -2.24. The van der Waals surface area contributed by atoms with Gasteiger partial charge in [-0.15, -0.1) is 0 Å². The molecule has 1 N–H and O–H groups in total. The van der Waals surface area contributed by atoms with Gasteiger partial charge in [0.05, 0.1) is 0 Å². The van der Waals surface area contributed by atoms with Crippen molar-refractivity contribution in [1.29, 1.82) is 0 Å². The van der Waals surface area contributed by atoms with E-state index in [0.29, 0.717) is 17.9 Å². The van der Waals surface area contributed by atoms with E-state index in [1.54, 1.807) is 10.7 Å². The average Bonchev–Trinajstić information content (AvgIpc) is 3.01. The Labute approximate surface area is 134 Å². The van der Waals surface area contributed by atoms with Crippen LogP contribution in [-0.2, 0) is 6.42 Å². The highest BCUT2D eigenvalue weighted by Gasteiger charge is 2.06. The molecule has 0 bridgehead atoms. The van der Waals surface area contributed by atoms with Gasteiger partial charge in [-0.3, -0.25) is 4.79 Å². The van der Waals surface area contributed by atoms with Crippen molar-refractivity contribution in [3.63, 3.8) is 0 Å². The Morgan fingerprint density at radius 1 is 1.22 bits per heavy atom. The van der Waals surface area contributed by atoms with E-state index < -0.39 is 0 Å². The lowest BCUT2D eigenvalue weighted by molar-refractivity contribution is 0.0953. The van der Waals surface area contributed by atoms with Crippen LogP contribution in [0.4, 0.5) is 0 Å². The summed E-state index contributed by atoms with van der Waals surface area (Å²) >= 11 is 0. The van der Waals surface area contributed by atoms with Crippen molar-refractivity contribution < 1.29 is 4.79 Å². The number of rotatable bonds is 5. The third-order valence-electron chi connectivity index (χ3n) is 3.88. The third-order valence-corrected chi connectivity index (χ3v) is 3.88. The van der Waals surface area contributed by atoms with E-state index in [-0.39, 0.29) is 5.91 Å². The summed E-state index contributed by atoms with van der Waals surface area (Å²) in [6.45, 7) is 4.68. The molecule has 0 unspecified atom stereocenters. The van der Waals surface area contributed by atoms with Gasteiger partial charge in [0.25, 0.3) is 11.7 Å². The molecule has 0 spiro atoms. The molecular formula is C17H19N5O. The minimum atomic E-state index is -0.0297. The Hall–Kier alpha value is -2.76. The van der Waals surface area contributed by atoms with Crippen molar-refractivity contribution >= 4 is 11.7 Å². The fourth-order valence-corrected chi connectivity index (χ4v) is 2.37. The van der Waals surface area contributed by atoms with Crippen molar-refractivity contribution in [2.75, 3.05) is 6.54 Å². The van der Waals surface area contributed by atoms with Crippen molar-refractivity contribution in [2.24, 2.45) is 0 Å². The lowest BCUT2D eigenvalue weighted by Gasteiger charge is -2.07. The summed E-state index contributed by atoms with van der Waals surface area (Å²) in [5, 5.41) is 7.02. The summed E-state index contributed by atoms with van der Waals surface area (Å²) in [4.78, 5) is 20.3. The van der Waals surface area contributed by atoms with Crippen LogP contribution in [0.3, 0.4) is 0 Å². The van der Waals surface area contributed by atoms with Crippen LogP contribution in [0.15, 0.2) is 36.9 Å². The summed E-state index contributed by atoms with van der Waals surface area (Å²) in [6.07, 6.45) is 6.88. The van der Waals surface area contributed by atoms with Crippen LogP contribution >= 0.6 is 0 Å². The zero-order chi connectivity index (χ0) is 16.2. The van der Waals surface area contributed by atoms with Gasteiger partial charge in [-0.1, -0.05) is 6.07 Å². The van der Waals surface area contributed by atoms with Gasteiger partial charge >= 0.3 is 0 Å². The van der Waals surface area contributed by atoms with E-state index in [1.807, 2.05) is 38.2 Å². The molecular weight excluding hydrogens is 290 g/mol. The van der Waals surface area contributed by atoms with E-state index >= 15 is 0 Å². The van der Waals surface area contributed by atoms with E-state index in [2.05, 4.69) is 20.4 Å². The predicted octanol–water partition coefficient (Wildman–Crippen LogP) is 2.10. The Morgan fingerprint density at radius 3 is 2.91 bits per heavy atom. The van der Waals surface area contributed by atoms with Gasteiger partial charge in [-0.2, -0.15) is 10.1 Å². The summed E-state index contributed by atoms with van der Waals surface area (Å²) in [6, 6.07) is 5.76. The van der Waals surface area contributed by atoms with Gasteiger partial charge in [0.15, 0.2) is 0 Å². The molecule has 3 rings (SSSR count). The fourth-order valence-electron chi connectivity index (χ4n) is 2.37. The number of hydrogen-bond donors (Lipinski definition) is 1. The topological polar surface area (TPSA) is 72.2 Å². The van der Waals surface area contributed by atoms with Gasteiger partial charge in [0.1, 0.15) is 6.33 Å². The van der Waals surface area contributed by atoms with Gasteiger partial charge in [0, 0.05) is 24.5 Å². The van der Waals surface area contributed by atoms with Gasteiger partial charge < -0.3 is 5.32 Å². The molecule has 23 heavy (non-hydrogen) atoms. The monoisotopic (exact) mass is 309 g/mol. The molecule has 0 atom stereocenters. The highest BCUT2D eigenvalue weighted by molar-refractivity contribution is 5.94. The maximum absolute atomic E-state index is 12.1. The van der Waals surface area contributed by atoms with Crippen molar-refractivity contribution in [1.82, 2.24) is 24.9 Å². The number of benzene rings is 1. The minimum Gasteiger partial charge on any atom is -0.352 e. The number of carbonyl (C=O) groups excluding carboxylic acids is 1. The highest BCUT2D eigenvalue weighted by Crippen LogP contribution is 2.09. The average molecular weight is 309 g/mol. The fraction of sp³-hybridized carbons (Fsp3) is 0.294. The van der Waals surface area contributed by atoms with Crippen molar-refractivity contribution in [3.8, 4) is 0 Å². The molecule has 1 amide bonds. The molecule has 0 aliphatic rings. The number of aryl methyl sites for hydroxylation is 3. The molecule has 6 nitrogen and oxygen atoms in total. The zero-order valence-electron chi connectivity index (χ0n) is 13.3. The molecule has 1 aromatic carbocycles. The van der Waals surface area contributed by atoms with Crippen LogP contribution in [0.1, 0.15) is 33.5 Å². The van der Waals surface area contributed by atoms with Crippen molar-refractivity contribution in [3.05, 3.63) is 59.2 Å². The van der Waals surface area contributed by atoms with E-state index in [1.165, 1.54) is 11.9 Å². The summed E-state index contributed by atoms with van der Waals surface area (Å²) < 4.78 is 1.66. The minimum absolute atomic E-state index is 0.0297. The SMILES string of the molecule is Cc1ccc(C(=O)NCCCc2cnc3ncnn3c2)cc1C. The maximum atomic E-state index is 12.1. The summed E-state index contributed by atoms with van der Waals surface area (Å²) in [5.74, 6) is 0.565. The predicted molar refractivity (Wildman–Crippen MR) is 87.4 cm³/mol. The Bertz CT molecular complexity index is 840. The molecule has 0 radical (unpaired) electrons. The summed E-state index contributed by atoms with van der Waals surface area (Å²) in [7, 11) is 0. The van der Waals surface area contributed by atoms with Gasteiger partial charge in [0.2, 0.25) is 0 Å². The van der Waals surface area contributed by atoms with Crippen LogP contribution in [0.25, 0.3) is 5.78 Å². The molecule has 0 saturated carbocycles. The first-order valence-electron chi connectivity index (χ1n) is 7.63. The summed E-state index contributed by atoms with van der Waals surface area (Å²) in [5.41, 5.74) is 4.10. The molecule has 0 aliphatic heterocycles. The standard InChI is InChI=1S/C17H19N5O/c1-12-5-6-15(8-13(12)2)16(23)18-7-3-4-14-9-19-17-20-11-21-22(17)10-14/h5-6,8-11H,3-4,7H2,1-2H3,(H,18,23). The Kier molecular flexibility index (Phi) is 4.32. The maximum Gasteiger partial charge on any atom is 0.252 e. The third kappa shape index (κ3) is 3.53. The molecule has 0 fully saturated rings. The molecule has 3 aromatic rings. The van der Waals surface area contributed by atoms with Crippen LogP contribution in [0.2, 0.25) is 0 Å². The number of nitrogens with one attached hydrogen (secondary N) is 1. The van der Waals surface area contributed by atoms with Crippen LogP contribution in [0, 0.1) is 13.8 Å². The first kappa shape index (κ1) is 15.1. The molecule has 0 aliphatic carbocycles. The normalized spacial score (nSPS) is 10.9. The van der Waals surface area contributed by atoms with Crippen LogP contribution in [-0.4, -0.2) is 32.0 Å². The van der Waals surface area contributed by atoms with Gasteiger partial charge in [-0.25, -0.2) is 9.50 Å². The Balaban J connectivity index is 1.50. The lowest BCUT2D eigenvalue weighted by atomic mass is 10.1. The largest absolute Gasteiger partial charge is 0.352 e. The second-order valence-electron chi connectivity index (χ2n) is 5.63. The number of fused-ring (bicyclic) bond motifs is 1. The van der Waals surface area contributed by atoms with E-state index in [9.17, 15) is 4.79 Å². The number of aromatic nitrogens is 4. The number of carbonyl (C=O) groups is 1. The van der Waals surface area contributed by atoms with E-state index in [4.69, 9.17) is 0 Å². The molecule has 2 aromatic heterocycles. The molecule has 2 heterocycles. The van der Waals surface area contributed by atoms with Crippen molar-refractivity contribution in [2.45, 2.75) is 26.7 Å².